The van der Waals surface area contributed by atoms with E-state index in [1.54, 1.807) is 12.1 Å². The van der Waals surface area contributed by atoms with E-state index in [0.717, 1.165) is 22.4 Å². The predicted octanol–water partition coefficient (Wildman–Crippen LogP) is 5.41. The SMILES string of the molecule is COCOc1cc2c(cc1OC(C)=O)C1(CO2)C(=O)N(C(c2ccccc2)c2ccccc2)c2ccccc21. The molecule has 0 bridgehead atoms. The van der Waals surface area contributed by atoms with Gasteiger partial charge in [0, 0.05) is 31.4 Å². The number of hydrogen-bond acceptors (Lipinski definition) is 6. The molecule has 0 saturated carbocycles. The van der Waals surface area contributed by atoms with Crippen molar-refractivity contribution in [1.29, 1.82) is 0 Å². The van der Waals surface area contributed by atoms with E-state index in [4.69, 9.17) is 18.9 Å². The number of esters is 1. The van der Waals surface area contributed by atoms with Gasteiger partial charge in [0.2, 0.25) is 5.91 Å². The molecule has 0 fully saturated rings. The molecule has 1 amide bonds. The number of fused-ring (bicyclic) bond motifs is 4. The van der Waals surface area contributed by atoms with Crippen molar-refractivity contribution in [2.75, 3.05) is 25.4 Å². The van der Waals surface area contributed by atoms with Crippen LogP contribution in [0, 0.1) is 0 Å². The first kappa shape index (κ1) is 24.7. The molecular weight excluding hydrogens is 494 g/mol. The fraction of sp³-hybridized carbons (Fsp3) is 0.188. The van der Waals surface area contributed by atoms with Gasteiger partial charge < -0.3 is 18.9 Å². The van der Waals surface area contributed by atoms with Gasteiger partial charge in [0.05, 0.1) is 6.04 Å². The van der Waals surface area contributed by atoms with E-state index in [0.29, 0.717) is 17.1 Å². The van der Waals surface area contributed by atoms with Crippen LogP contribution in [0.4, 0.5) is 5.69 Å². The lowest BCUT2D eigenvalue weighted by Crippen LogP contribution is -2.44. The van der Waals surface area contributed by atoms with Gasteiger partial charge in [0.15, 0.2) is 18.3 Å². The number of ether oxygens (including phenoxy) is 4. The lowest BCUT2D eigenvalue weighted by molar-refractivity contribution is -0.132. The summed E-state index contributed by atoms with van der Waals surface area (Å²) >= 11 is 0. The number of benzene rings is 4. The standard InChI is InChI=1S/C32H27NO6/c1-21(34)39-29-17-25-27(18-28(29)38-20-36-2)37-19-32(25)24-15-9-10-16-26(24)33(31(32)35)30(22-11-5-3-6-12-22)23-13-7-4-8-14-23/h3-18,30H,19-20H2,1-2H3. The summed E-state index contributed by atoms with van der Waals surface area (Å²) in [4.78, 5) is 28.6. The van der Waals surface area contributed by atoms with Crippen LogP contribution in [0.25, 0.3) is 0 Å². The monoisotopic (exact) mass is 521 g/mol. The van der Waals surface area contributed by atoms with Crippen LogP contribution >= 0.6 is 0 Å². The molecule has 1 unspecified atom stereocenters. The second-order valence-corrected chi connectivity index (χ2v) is 9.55. The molecule has 196 valence electrons. The van der Waals surface area contributed by atoms with Gasteiger partial charge in [-0.15, -0.1) is 0 Å². The largest absolute Gasteiger partial charge is 0.491 e. The second-order valence-electron chi connectivity index (χ2n) is 9.55. The zero-order chi connectivity index (χ0) is 27.0. The van der Waals surface area contributed by atoms with Gasteiger partial charge >= 0.3 is 5.97 Å². The van der Waals surface area contributed by atoms with Crippen molar-refractivity contribution in [1.82, 2.24) is 0 Å². The van der Waals surface area contributed by atoms with Crippen molar-refractivity contribution in [2.45, 2.75) is 18.4 Å². The Morgan fingerprint density at radius 3 is 2.18 bits per heavy atom. The molecule has 2 aliphatic rings. The molecule has 7 nitrogen and oxygen atoms in total. The summed E-state index contributed by atoms with van der Waals surface area (Å²) in [6.07, 6.45) is 0. The van der Waals surface area contributed by atoms with E-state index >= 15 is 0 Å². The van der Waals surface area contributed by atoms with Crippen molar-refractivity contribution in [3.8, 4) is 17.2 Å². The average Bonchev–Trinajstić information content (AvgIpc) is 3.45. The summed E-state index contributed by atoms with van der Waals surface area (Å²) in [6, 6.07) is 30.8. The third kappa shape index (κ3) is 4.02. The maximum Gasteiger partial charge on any atom is 0.308 e. The molecule has 4 aromatic carbocycles. The van der Waals surface area contributed by atoms with Crippen LogP contribution in [-0.2, 0) is 19.7 Å². The molecule has 2 heterocycles. The Bertz CT molecular complexity index is 1500. The van der Waals surface area contributed by atoms with E-state index in [2.05, 4.69) is 0 Å². The minimum atomic E-state index is -1.12. The minimum absolute atomic E-state index is 0.0381. The van der Waals surface area contributed by atoms with Crippen molar-refractivity contribution in [2.24, 2.45) is 0 Å². The Kier molecular flexibility index (Phi) is 6.29. The Balaban J connectivity index is 1.54. The molecule has 0 aromatic heterocycles. The van der Waals surface area contributed by atoms with Crippen LogP contribution in [0.2, 0.25) is 0 Å². The van der Waals surface area contributed by atoms with Crippen LogP contribution in [0.5, 0.6) is 17.2 Å². The molecule has 1 atom stereocenters. The molecule has 39 heavy (non-hydrogen) atoms. The molecule has 0 N–H and O–H groups in total. The highest BCUT2D eigenvalue weighted by atomic mass is 16.7. The highest BCUT2D eigenvalue weighted by molar-refractivity contribution is 6.12. The molecule has 6 rings (SSSR count). The van der Waals surface area contributed by atoms with Crippen molar-refractivity contribution in [3.63, 3.8) is 0 Å². The third-order valence-corrected chi connectivity index (χ3v) is 7.23. The number of nitrogens with zero attached hydrogens (tertiary/aromatic N) is 1. The Hall–Kier alpha value is -4.62. The Morgan fingerprint density at radius 2 is 1.54 bits per heavy atom. The van der Waals surface area contributed by atoms with Gasteiger partial charge in [-0.05, 0) is 28.8 Å². The first-order chi connectivity index (χ1) is 19.0. The van der Waals surface area contributed by atoms with Crippen LogP contribution in [0.1, 0.15) is 35.2 Å². The first-order valence-corrected chi connectivity index (χ1v) is 12.7. The number of hydrogen-bond donors (Lipinski definition) is 0. The summed E-state index contributed by atoms with van der Waals surface area (Å²) in [5, 5.41) is 0. The average molecular weight is 522 g/mol. The maximum atomic E-state index is 14.8. The third-order valence-electron chi connectivity index (χ3n) is 7.23. The van der Waals surface area contributed by atoms with Crippen molar-refractivity contribution >= 4 is 17.6 Å². The van der Waals surface area contributed by atoms with Gasteiger partial charge in [-0.2, -0.15) is 0 Å². The zero-order valence-electron chi connectivity index (χ0n) is 21.6. The fourth-order valence-corrected chi connectivity index (χ4v) is 5.62. The zero-order valence-corrected chi connectivity index (χ0v) is 21.6. The number of rotatable bonds is 7. The topological polar surface area (TPSA) is 74.3 Å². The minimum Gasteiger partial charge on any atom is -0.491 e. The Morgan fingerprint density at radius 1 is 0.897 bits per heavy atom. The first-order valence-electron chi connectivity index (χ1n) is 12.7. The second kappa shape index (κ2) is 9.93. The van der Waals surface area contributed by atoms with E-state index in [1.165, 1.54) is 14.0 Å². The smallest absolute Gasteiger partial charge is 0.308 e. The van der Waals surface area contributed by atoms with E-state index in [9.17, 15) is 9.59 Å². The van der Waals surface area contributed by atoms with Crippen LogP contribution < -0.4 is 19.1 Å². The van der Waals surface area contributed by atoms with Crippen LogP contribution in [-0.4, -0.2) is 32.4 Å². The molecule has 2 aliphatic heterocycles. The normalized spacial score (nSPS) is 17.2. The highest BCUT2D eigenvalue weighted by Crippen LogP contribution is 2.56. The van der Waals surface area contributed by atoms with E-state index in [-0.39, 0.29) is 31.1 Å². The number of amides is 1. The highest BCUT2D eigenvalue weighted by Gasteiger charge is 2.58. The summed E-state index contributed by atoms with van der Waals surface area (Å²) in [5.41, 5.74) is 3.14. The van der Waals surface area contributed by atoms with Crippen LogP contribution in [0.3, 0.4) is 0 Å². The lowest BCUT2D eigenvalue weighted by atomic mass is 9.77. The van der Waals surface area contributed by atoms with E-state index in [1.807, 2.05) is 89.8 Å². The van der Waals surface area contributed by atoms with E-state index < -0.39 is 11.4 Å². The molecule has 0 radical (unpaired) electrons. The summed E-state index contributed by atoms with van der Waals surface area (Å²) in [6.45, 7) is 1.39. The maximum absolute atomic E-state index is 14.8. The van der Waals surface area contributed by atoms with Gasteiger partial charge in [-0.1, -0.05) is 78.9 Å². The molecule has 1 spiro atoms. The molecular formula is C32H27NO6. The predicted molar refractivity (Wildman–Crippen MR) is 145 cm³/mol. The van der Waals surface area contributed by atoms with Crippen molar-refractivity contribution in [3.05, 3.63) is 119 Å². The van der Waals surface area contributed by atoms with Gasteiger partial charge in [0.25, 0.3) is 0 Å². The summed E-state index contributed by atoms with van der Waals surface area (Å²) in [5.74, 6) is 0.384. The summed E-state index contributed by atoms with van der Waals surface area (Å²) in [7, 11) is 1.50. The summed E-state index contributed by atoms with van der Waals surface area (Å²) < 4.78 is 22.4. The number of para-hydroxylation sites is 1. The van der Waals surface area contributed by atoms with Crippen molar-refractivity contribution < 1.29 is 28.5 Å². The quantitative estimate of drug-likeness (QED) is 0.184. The Labute approximate surface area is 226 Å². The van der Waals surface area contributed by atoms with Gasteiger partial charge in [0.1, 0.15) is 17.8 Å². The molecule has 0 aliphatic carbocycles. The van der Waals surface area contributed by atoms with Crippen LogP contribution in [0.15, 0.2) is 97.1 Å². The van der Waals surface area contributed by atoms with Gasteiger partial charge in [-0.25, -0.2) is 0 Å². The van der Waals surface area contributed by atoms with Gasteiger partial charge in [-0.3, -0.25) is 14.5 Å². The fourth-order valence-electron chi connectivity index (χ4n) is 5.62. The lowest BCUT2D eigenvalue weighted by Gasteiger charge is -2.31. The number of carbonyl (C=O) groups excluding carboxylic acids is 2. The molecule has 4 aromatic rings. The molecule has 7 heteroatoms. The number of methoxy groups -OCH3 is 1. The number of carbonyl (C=O) groups is 2. The molecule has 0 saturated heterocycles. The number of anilines is 1.